The van der Waals surface area contributed by atoms with Gasteiger partial charge in [0, 0.05) is 219 Å². The van der Waals surface area contributed by atoms with Crippen molar-refractivity contribution >= 4 is 85.8 Å². The summed E-state index contributed by atoms with van der Waals surface area (Å²) in [7, 11) is 0. The smallest absolute Gasteiger partial charge is 0.253 e. The molecular weight excluding hydrogens is 1690 g/mol. The van der Waals surface area contributed by atoms with Gasteiger partial charge in [0.1, 0.15) is 5.82 Å². The highest BCUT2D eigenvalue weighted by Gasteiger charge is 2.46. The molecule has 2 aliphatic carbocycles. The maximum absolute atomic E-state index is 13.3. The fourth-order valence-corrected chi connectivity index (χ4v) is 16.7. The Labute approximate surface area is 767 Å². The zero-order chi connectivity index (χ0) is 91.4. The zero-order valence-corrected chi connectivity index (χ0v) is 72.8. The number of H-pyrrole nitrogens is 4. The van der Waals surface area contributed by atoms with E-state index in [9.17, 15) is 38.0 Å². The number of pyridine rings is 8. The average molecular weight is 1790 g/mol. The van der Waals surface area contributed by atoms with Crippen molar-refractivity contribution in [2.75, 3.05) is 80.3 Å². The third kappa shape index (κ3) is 20.5. The second kappa shape index (κ2) is 39.3. The number of morpholine rings is 1. The van der Waals surface area contributed by atoms with E-state index in [2.05, 4.69) is 130 Å². The molecule has 134 heavy (non-hydrogen) atoms. The van der Waals surface area contributed by atoms with E-state index in [4.69, 9.17) is 4.74 Å². The summed E-state index contributed by atoms with van der Waals surface area (Å²) in [5, 5.41) is 19.7. The van der Waals surface area contributed by atoms with E-state index in [0.717, 1.165) is 198 Å². The van der Waals surface area contributed by atoms with Gasteiger partial charge in [-0.15, -0.1) is 0 Å². The number of halogens is 1. The van der Waals surface area contributed by atoms with Gasteiger partial charge in [-0.25, -0.2) is 24.3 Å². The van der Waals surface area contributed by atoms with Crippen LogP contribution in [0.25, 0.3) is 67.6 Å². The molecular formula is C104H94FN21O8. The highest BCUT2D eigenvalue weighted by molar-refractivity contribution is 5.97. The van der Waals surface area contributed by atoms with Gasteiger partial charge in [0.25, 0.3) is 17.7 Å². The van der Waals surface area contributed by atoms with Gasteiger partial charge in [0.2, 0.25) is 22.2 Å². The Kier molecular flexibility index (Phi) is 25.4. The summed E-state index contributed by atoms with van der Waals surface area (Å²) < 4.78 is 26.5. The van der Waals surface area contributed by atoms with Crippen LogP contribution in [0.5, 0.6) is 0 Å². The van der Waals surface area contributed by atoms with Crippen molar-refractivity contribution in [3.05, 3.63) is 404 Å². The lowest BCUT2D eigenvalue weighted by atomic mass is 10.0. The Bertz CT molecular complexity index is 7500. The average Bonchev–Trinajstić information content (AvgIpc) is 1.62. The molecule has 4 fully saturated rings. The Morgan fingerprint density at radius 1 is 0.388 bits per heavy atom. The van der Waals surface area contributed by atoms with E-state index in [1.54, 1.807) is 98.1 Å². The maximum atomic E-state index is 13.3. The number of aromatic nitrogens is 12. The largest absolute Gasteiger partial charge is 0.379 e. The first-order chi connectivity index (χ1) is 65.6. The van der Waals surface area contributed by atoms with Crippen molar-refractivity contribution in [3.63, 3.8) is 0 Å². The summed E-state index contributed by atoms with van der Waals surface area (Å²) >= 11 is 0. The summed E-state index contributed by atoms with van der Waals surface area (Å²) in [5.41, 5.74) is 21.1. The minimum Gasteiger partial charge on any atom is -0.379 e. The molecule has 12 aromatic heterocycles. The van der Waals surface area contributed by atoms with Crippen molar-refractivity contribution in [2.24, 2.45) is 5.92 Å². The minimum atomic E-state index is -0.417. The monoisotopic (exact) mass is 1780 g/mol. The number of amides is 3. The number of carbonyl (C=O) groups excluding carboxylic acids is 3. The van der Waals surface area contributed by atoms with Crippen LogP contribution in [-0.2, 0) is 23.4 Å². The van der Waals surface area contributed by atoms with Crippen molar-refractivity contribution in [1.29, 1.82) is 0 Å². The number of nitrogens with zero attached hydrogens (tertiary/aromatic N) is 11. The lowest BCUT2D eigenvalue weighted by Crippen LogP contribution is -2.48. The number of piperazine rings is 1. The third-order valence-electron chi connectivity index (χ3n) is 24.1. The number of ether oxygens (including phenoxy) is 1. The van der Waals surface area contributed by atoms with Gasteiger partial charge < -0.3 is 61.5 Å². The lowest BCUT2D eigenvalue weighted by Gasteiger charge is -2.34. The number of hydrogen-bond acceptors (Lipinski definition) is 18. The van der Waals surface area contributed by atoms with E-state index in [1.165, 1.54) is 36.1 Å². The first-order valence-corrected chi connectivity index (χ1v) is 44.4. The Morgan fingerprint density at radius 3 is 1.12 bits per heavy atom. The molecule has 3 amide bonds. The van der Waals surface area contributed by atoms with Crippen LogP contribution < -0.4 is 54.1 Å². The molecule has 30 heteroatoms. The van der Waals surface area contributed by atoms with Gasteiger partial charge in [-0.05, 0) is 218 Å². The van der Waals surface area contributed by atoms with Crippen LogP contribution in [-0.4, -0.2) is 149 Å². The minimum absolute atomic E-state index is 0.0358. The molecule has 6 aromatic carbocycles. The van der Waals surface area contributed by atoms with Crippen molar-refractivity contribution in [2.45, 2.75) is 44.3 Å². The third-order valence-corrected chi connectivity index (χ3v) is 24.1. The molecule has 10 N–H and O–H groups in total. The highest BCUT2D eigenvalue weighted by Crippen LogP contribution is 2.46. The number of rotatable bonds is 23. The summed E-state index contributed by atoms with van der Waals surface area (Å²) in [6.45, 7) is 9.40. The number of hydrogen-bond donors (Lipinski definition) is 10. The van der Waals surface area contributed by atoms with Gasteiger partial charge >= 0.3 is 0 Å². The molecule has 14 heterocycles. The van der Waals surface area contributed by atoms with Gasteiger partial charge in [-0.3, -0.25) is 61.0 Å². The van der Waals surface area contributed by atoms with Crippen LogP contribution in [0.1, 0.15) is 73.4 Å². The summed E-state index contributed by atoms with van der Waals surface area (Å²) in [5.74, 6) is 0.229. The van der Waals surface area contributed by atoms with E-state index in [-0.39, 0.29) is 45.8 Å². The van der Waals surface area contributed by atoms with Gasteiger partial charge in [-0.2, -0.15) is 0 Å². The van der Waals surface area contributed by atoms with Crippen molar-refractivity contribution < 1.29 is 23.5 Å². The second-order valence-electron chi connectivity index (χ2n) is 33.3. The molecule has 0 bridgehead atoms. The number of benzene rings is 6. The number of carbonyl (C=O) groups is 3. The van der Waals surface area contributed by atoms with Crippen molar-refractivity contribution in [1.82, 2.24) is 82.8 Å². The SMILES string of the molecule is O=C(NC1(c2ccc(F)cc2)CC1)c1ccc(Nc2ccc(-c3cc[nH]c(=O)c3)n3ccnc23)cc1.O=C(NCC1CC1)c1ccc(Nc2ccc(-c3cc[nH]c(=O)c3)n3ccnc23)cc1.O=C(c1ccc(Nc2ccc(-c3cc[nH]c(=O)c3)n3ccnc23)cc1)N1CCN(Cc2ccccc2)CC1.O=c1cc(-c2ccc(Nc3ccc(CN4CCOCC4)cc3)c3nccn23)cc[nH]1. The maximum Gasteiger partial charge on any atom is 0.253 e. The lowest BCUT2D eigenvalue weighted by molar-refractivity contribution is 0.0342. The second-order valence-corrected chi connectivity index (χ2v) is 33.3. The van der Waals surface area contributed by atoms with Crippen LogP contribution in [0.2, 0.25) is 0 Å². The van der Waals surface area contributed by atoms with Crippen LogP contribution >= 0.6 is 0 Å². The molecule has 0 atom stereocenters. The quantitative estimate of drug-likeness (QED) is 0.0284. The summed E-state index contributed by atoms with van der Waals surface area (Å²) in [6, 6.07) is 76.8. The molecule has 2 saturated heterocycles. The number of anilines is 8. The standard InChI is InChI=1S/C30H28N6O2.C28H22FN5O2.C23H23N5O2.C23H21N5O2/c37-28-20-24(12-13-31-28)27-11-10-26(29-32-14-15-36(27)29)33-25-8-6-23(7-9-25)30(38)35-18-16-34(17-19-35)21-22-4-2-1-3-5-22;29-21-5-3-20(4-6-21)28(12-13-28)33-27(36)18-1-7-22(8-2-18)32-23-9-10-24(34-16-15-31-26(23)34)19-11-14-30-25(35)17-19;29-22-15-18(7-8-24-22)21-6-5-20(23-25-9-10-28(21)23)26-19-3-1-17(2-4-19)16-27-11-13-30-14-12-27;29-21-13-17(9-10-24-21)20-8-7-19(22-25-11-12-28(20)22)27-18-5-3-16(4-6-18)23(30)26-14-15-1-2-15/h1-15,20,33H,16-19,21H2,(H,31,37);1-11,14-17,32H,12-13H2,(H,30,35)(H,33,36);1-10,15,26H,11-14,16H2,(H,24,29);3-13,15,27H,1-2,14H2,(H,24,29)(H,26,30). The van der Waals surface area contributed by atoms with Gasteiger partial charge in [0.05, 0.1) is 64.3 Å². The Morgan fingerprint density at radius 2 is 0.746 bits per heavy atom. The van der Waals surface area contributed by atoms with E-state index in [0.29, 0.717) is 28.3 Å². The van der Waals surface area contributed by atoms with E-state index in [1.807, 2.05) is 187 Å². The predicted molar refractivity (Wildman–Crippen MR) is 517 cm³/mol. The number of aromatic amines is 4. The Hall–Kier alpha value is -16.7. The first-order valence-electron chi connectivity index (χ1n) is 44.4. The van der Waals surface area contributed by atoms with Crippen LogP contribution in [0.3, 0.4) is 0 Å². The number of fused-ring (bicyclic) bond motifs is 4. The molecule has 0 unspecified atom stereocenters. The molecule has 22 rings (SSSR count). The van der Waals surface area contributed by atoms with Crippen LogP contribution in [0.15, 0.2) is 342 Å². The summed E-state index contributed by atoms with van der Waals surface area (Å²) in [6.07, 6.45) is 25.1. The van der Waals surface area contributed by atoms with E-state index >= 15 is 0 Å². The highest BCUT2D eigenvalue weighted by atomic mass is 19.1. The fourth-order valence-electron chi connectivity index (χ4n) is 16.7. The summed E-state index contributed by atoms with van der Waals surface area (Å²) in [4.78, 5) is 120. The number of imidazole rings is 4. The molecule has 670 valence electrons. The molecule has 4 aliphatic rings. The molecule has 0 spiro atoms. The molecule has 18 aromatic rings. The zero-order valence-electron chi connectivity index (χ0n) is 72.8. The topological polar surface area (TPSA) is 343 Å². The van der Waals surface area contributed by atoms with Gasteiger partial charge in [0.15, 0.2) is 22.6 Å². The van der Waals surface area contributed by atoms with Crippen molar-refractivity contribution in [3.8, 4) is 45.0 Å². The molecule has 2 aliphatic heterocycles. The Balaban J connectivity index is 0.000000116. The van der Waals surface area contributed by atoms with Crippen LogP contribution in [0.4, 0.5) is 49.9 Å². The van der Waals surface area contributed by atoms with Gasteiger partial charge in [-0.1, -0.05) is 54.6 Å². The first kappa shape index (κ1) is 86.7. The normalized spacial score (nSPS) is 14.0. The molecule has 2 saturated carbocycles. The van der Waals surface area contributed by atoms with Crippen LogP contribution in [0, 0.1) is 11.7 Å². The predicted octanol–water partition coefficient (Wildman–Crippen LogP) is 16.2. The van der Waals surface area contributed by atoms with E-state index < -0.39 is 5.54 Å². The molecule has 0 radical (unpaired) electrons. The fraction of sp³-hybridized carbons (Fsp3) is 0.163. The molecule has 29 nitrogen and oxygen atoms in total. The number of nitrogens with one attached hydrogen (secondary N) is 10.